The number of Topliss-reactive ketones (excluding diaryl/α,β-unsaturated/α-hetero) is 1. The molecule has 3 aliphatic rings. The molecule has 1 N–H and O–H groups in total. The Morgan fingerprint density at radius 2 is 1.69 bits per heavy atom. The van der Waals surface area contributed by atoms with Crippen LogP contribution in [0.5, 0.6) is 5.88 Å². The lowest BCUT2D eigenvalue weighted by Crippen LogP contribution is -2.57. The summed E-state index contributed by atoms with van der Waals surface area (Å²) in [4.78, 5) is 50.8. The summed E-state index contributed by atoms with van der Waals surface area (Å²) in [6.07, 6.45) is 2.86. The first-order valence-corrected chi connectivity index (χ1v) is 16.2. The van der Waals surface area contributed by atoms with Gasteiger partial charge in [-0.2, -0.15) is 8.78 Å². The summed E-state index contributed by atoms with van der Waals surface area (Å²) in [6.45, 7) is 10.5. The molecule has 5 rings (SSSR count). The van der Waals surface area contributed by atoms with Gasteiger partial charge in [-0.15, -0.1) is 0 Å². The Hall–Kier alpha value is -3.37. The number of halogens is 2. The maximum atomic E-state index is 16.0. The van der Waals surface area contributed by atoms with Gasteiger partial charge in [0.25, 0.3) is 5.92 Å². The lowest BCUT2D eigenvalue weighted by molar-refractivity contribution is -0.141. The van der Waals surface area contributed by atoms with Crippen molar-refractivity contribution in [2.45, 2.75) is 123 Å². The molecule has 1 saturated carbocycles. The van der Waals surface area contributed by atoms with Gasteiger partial charge < -0.3 is 19.7 Å². The summed E-state index contributed by atoms with van der Waals surface area (Å²) < 4.78 is 44.2. The van der Waals surface area contributed by atoms with Crippen LogP contribution in [-0.2, 0) is 20.2 Å². The first-order valence-electron chi connectivity index (χ1n) is 16.2. The molecule has 0 unspecified atom stereocenters. The molecule has 11 heteroatoms. The summed E-state index contributed by atoms with van der Waals surface area (Å²) in [6, 6.07) is 4.89. The maximum absolute atomic E-state index is 16.0. The first-order chi connectivity index (χ1) is 21.1. The third-order valence-electron chi connectivity index (χ3n) is 9.98. The van der Waals surface area contributed by atoms with Crippen LogP contribution in [0.2, 0.25) is 0 Å². The minimum atomic E-state index is -3.31. The van der Waals surface area contributed by atoms with Gasteiger partial charge in [-0.3, -0.25) is 9.59 Å². The number of nitrogens with one attached hydrogen (secondary N) is 1. The second kappa shape index (κ2) is 12.4. The average Bonchev–Trinajstić information content (AvgIpc) is 3.48. The van der Waals surface area contributed by atoms with Crippen molar-refractivity contribution in [3.05, 3.63) is 30.0 Å². The maximum Gasteiger partial charge on any atom is 0.408 e. The Morgan fingerprint density at radius 1 is 1.02 bits per heavy atom. The summed E-state index contributed by atoms with van der Waals surface area (Å²) in [5, 5.41) is 2.84. The number of alkyl halides is 2. The number of ether oxygens (including phenoxy) is 2. The number of amides is 2. The Morgan fingerprint density at radius 3 is 2.36 bits per heavy atom. The Balaban J connectivity index is 1.56. The molecule has 6 atom stereocenters. The highest BCUT2D eigenvalue weighted by atomic mass is 19.3. The van der Waals surface area contributed by atoms with Gasteiger partial charge in [0.15, 0.2) is 11.5 Å². The number of hydrogen-bond donors (Lipinski definition) is 1. The summed E-state index contributed by atoms with van der Waals surface area (Å²) in [5.74, 6) is -4.79. The third kappa shape index (κ3) is 6.77. The number of carbonyl (C=O) groups is 3. The van der Waals surface area contributed by atoms with Gasteiger partial charge in [0.2, 0.25) is 11.8 Å². The summed E-state index contributed by atoms with van der Waals surface area (Å²) in [7, 11) is 0. The summed E-state index contributed by atoms with van der Waals surface area (Å²) in [5.41, 5.74) is -1.25. The van der Waals surface area contributed by atoms with Crippen molar-refractivity contribution >= 4 is 28.8 Å². The number of fused-ring (bicyclic) bond motifs is 5. The lowest BCUT2D eigenvalue weighted by atomic mass is 9.85. The molecular weight excluding hydrogens is 582 g/mol. The Bertz CT molecular complexity index is 1450. The van der Waals surface area contributed by atoms with Gasteiger partial charge in [-0.1, -0.05) is 52.7 Å². The van der Waals surface area contributed by atoms with Crippen LogP contribution in [0, 0.1) is 17.3 Å². The van der Waals surface area contributed by atoms with Crippen molar-refractivity contribution in [2.24, 2.45) is 17.3 Å². The monoisotopic (exact) mass is 628 g/mol. The molecule has 0 radical (unpaired) electrons. The van der Waals surface area contributed by atoms with Gasteiger partial charge in [0.1, 0.15) is 17.7 Å². The second-order valence-electron chi connectivity index (χ2n) is 14.5. The number of para-hydroxylation sites is 2. The molecule has 1 aliphatic carbocycles. The standard InChI is InChI=1S/C34H46F2N4O5/c1-20-25-19-40(26(20)21(2)41)30(42)28(32(3,4)5)39-31(43)45-33(6)17-12-14-22(33)13-8-7-11-18-34(35,36)27-29(44-25)38-24-16-10-9-15-23(24)37-27/h9-10,15-16,20,22,25-26,28H,7-8,11-14,17-19H2,1-6H3,(H,39,43)/t20-,22-,25+,26+,28-,33-/m1/s1. The van der Waals surface area contributed by atoms with Gasteiger partial charge in [-0.05, 0) is 69.4 Å². The van der Waals surface area contributed by atoms with Gasteiger partial charge in [0, 0.05) is 12.3 Å². The van der Waals surface area contributed by atoms with E-state index in [0.717, 1.165) is 25.7 Å². The van der Waals surface area contributed by atoms with Gasteiger partial charge in [-0.25, -0.2) is 14.8 Å². The smallest absolute Gasteiger partial charge is 0.408 e. The predicted octanol–water partition coefficient (Wildman–Crippen LogP) is 6.57. The number of rotatable bonds is 1. The fourth-order valence-corrected chi connectivity index (χ4v) is 7.37. The number of hydrogen-bond acceptors (Lipinski definition) is 7. The normalized spacial score (nSPS) is 31.5. The highest BCUT2D eigenvalue weighted by molar-refractivity contribution is 5.92. The minimum Gasteiger partial charge on any atom is -0.471 e. The van der Waals surface area contributed by atoms with Crippen molar-refractivity contribution in [1.82, 2.24) is 20.2 Å². The van der Waals surface area contributed by atoms with E-state index < -0.39 is 65.2 Å². The number of ketones is 1. The molecule has 2 aromatic rings. The number of aromatic nitrogens is 2. The Labute approximate surface area is 263 Å². The van der Waals surface area contributed by atoms with Gasteiger partial charge in [0.05, 0.1) is 23.6 Å². The van der Waals surface area contributed by atoms with Crippen LogP contribution < -0.4 is 10.1 Å². The van der Waals surface area contributed by atoms with E-state index in [4.69, 9.17) is 9.47 Å². The van der Waals surface area contributed by atoms with Crippen LogP contribution in [0.4, 0.5) is 13.6 Å². The molecule has 246 valence electrons. The summed E-state index contributed by atoms with van der Waals surface area (Å²) >= 11 is 0. The SMILES string of the molecule is CC(=O)[C@@H]1[C@H](C)[C@@H]2CN1C(=O)[C@H](C(C)(C)C)NC(=O)O[C@]1(C)CCC[C@H]1CCCCCC(F)(F)c1nc3ccccc3nc1O2. The number of nitrogens with zero attached hydrogens (tertiary/aromatic N) is 3. The predicted molar refractivity (Wildman–Crippen MR) is 165 cm³/mol. The van der Waals surface area contributed by atoms with Crippen LogP contribution in [0.15, 0.2) is 24.3 Å². The molecule has 2 fully saturated rings. The second-order valence-corrected chi connectivity index (χ2v) is 14.5. The van der Waals surface area contributed by atoms with Crippen molar-refractivity contribution in [1.29, 1.82) is 0 Å². The Kier molecular flexibility index (Phi) is 9.12. The molecule has 2 bridgehead atoms. The molecule has 1 aromatic carbocycles. The lowest BCUT2D eigenvalue weighted by Gasteiger charge is -2.37. The zero-order chi connectivity index (χ0) is 32.7. The molecular formula is C34H46F2N4O5. The van der Waals surface area contributed by atoms with Crippen molar-refractivity contribution < 1.29 is 32.6 Å². The number of carbonyl (C=O) groups excluding carboxylic acids is 3. The average molecular weight is 629 g/mol. The largest absolute Gasteiger partial charge is 0.471 e. The first kappa shape index (κ1) is 33.0. The van der Waals surface area contributed by atoms with E-state index in [-0.39, 0.29) is 30.5 Å². The third-order valence-corrected chi connectivity index (χ3v) is 9.98. The van der Waals surface area contributed by atoms with E-state index >= 15 is 8.78 Å². The van der Waals surface area contributed by atoms with Gasteiger partial charge >= 0.3 is 6.09 Å². The van der Waals surface area contributed by atoms with E-state index in [2.05, 4.69) is 15.3 Å². The van der Waals surface area contributed by atoms with Crippen LogP contribution in [0.1, 0.15) is 98.6 Å². The molecule has 9 nitrogen and oxygen atoms in total. The molecule has 2 amide bonds. The molecule has 3 heterocycles. The zero-order valence-electron chi connectivity index (χ0n) is 27.2. The minimum absolute atomic E-state index is 0.0487. The highest BCUT2D eigenvalue weighted by Gasteiger charge is 2.50. The number of benzene rings is 1. The van der Waals surface area contributed by atoms with Crippen LogP contribution >= 0.6 is 0 Å². The van der Waals surface area contributed by atoms with E-state index in [0.29, 0.717) is 23.9 Å². The number of alkyl carbamates (subject to hydrolysis) is 1. The van der Waals surface area contributed by atoms with Crippen molar-refractivity contribution in [2.75, 3.05) is 6.54 Å². The highest BCUT2D eigenvalue weighted by Crippen LogP contribution is 2.43. The van der Waals surface area contributed by atoms with E-state index in [1.807, 2.05) is 27.7 Å². The molecule has 45 heavy (non-hydrogen) atoms. The topological polar surface area (TPSA) is 111 Å². The van der Waals surface area contributed by atoms with Crippen LogP contribution in [0.3, 0.4) is 0 Å². The zero-order valence-corrected chi connectivity index (χ0v) is 27.2. The van der Waals surface area contributed by atoms with Crippen LogP contribution in [0.25, 0.3) is 11.0 Å². The molecule has 1 aromatic heterocycles. The quantitative estimate of drug-likeness (QED) is 0.380. The molecule has 2 aliphatic heterocycles. The van der Waals surface area contributed by atoms with Crippen molar-refractivity contribution in [3.8, 4) is 5.88 Å². The van der Waals surface area contributed by atoms with E-state index in [9.17, 15) is 14.4 Å². The molecule has 0 spiro atoms. The van der Waals surface area contributed by atoms with Crippen LogP contribution in [-0.4, -0.2) is 63.0 Å². The molecule has 1 saturated heterocycles. The van der Waals surface area contributed by atoms with E-state index in [1.54, 1.807) is 31.2 Å². The van der Waals surface area contributed by atoms with E-state index in [1.165, 1.54) is 11.8 Å². The van der Waals surface area contributed by atoms with Crippen molar-refractivity contribution in [3.63, 3.8) is 0 Å². The fraction of sp³-hybridized carbons (Fsp3) is 0.676. The fourth-order valence-electron chi connectivity index (χ4n) is 7.37.